The van der Waals surface area contributed by atoms with Crippen molar-refractivity contribution in [2.24, 2.45) is 0 Å². The maximum absolute atomic E-state index is 13.7. The van der Waals surface area contributed by atoms with Gasteiger partial charge in [0.2, 0.25) is 0 Å². The maximum atomic E-state index is 13.7. The van der Waals surface area contributed by atoms with Gasteiger partial charge >= 0.3 is 0 Å². The minimum Gasteiger partial charge on any atom is -0.203 e. The molecule has 0 N–H and O–H groups in total. The first kappa shape index (κ1) is 11.1. The number of hydrogen-bond donors (Lipinski definition) is 0. The highest BCUT2D eigenvalue weighted by Crippen LogP contribution is 2.51. The highest BCUT2D eigenvalue weighted by Gasteiger charge is 2.43. The molecule has 3 atom stereocenters. The molecule has 3 rings (SSSR count). The molecule has 0 nitrogen and oxygen atoms in total. The van der Waals surface area contributed by atoms with Crippen LogP contribution in [0.4, 0.5) is 17.6 Å². The summed E-state index contributed by atoms with van der Waals surface area (Å²) in [5.41, 5.74) is -0.179. The Labute approximate surface area is 99.9 Å². The predicted octanol–water partition coefficient (Wildman–Crippen LogP) is 3.99. The summed E-state index contributed by atoms with van der Waals surface area (Å²) in [6.07, 6.45) is 3.64. The van der Waals surface area contributed by atoms with Gasteiger partial charge in [0, 0.05) is 23.0 Å². The van der Waals surface area contributed by atoms with Crippen LogP contribution in [0.5, 0.6) is 0 Å². The lowest BCUT2D eigenvalue weighted by Gasteiger charge is -2.18. The summed E-state index contributed by atoms with van der Waals surface area (Å²) in [4.78, 5) is 0. The number of halogens is 5. The van der Waals surface area contributed by atoms with Gasteiger partial charge in [-0.3, -0.25) is 0 Å². The van der Waals surface area contributed by atoms with Crippen molar-refractivity contribution in [3.05, 3.63) is 46.5 Å². The Morgan fingerprint density at radius 2 is 1.47 bits per heavy atom. The molecule has 2 bridgehead atoms. The number of alkyl halides is 1. The maximum Gasteiger partial charge on any atom is 0.197 e. The average Bonchev–Trinajstić information content (AvgIpc) is 2.64. The summed E-state index contributed by atoms with van der Waals surface area (Å²) in [6.45, 7) is 0. The van der Waals surface area contributed by atoms with Crippen LogP contribution in [-0.2, 0) is 0 Å². The van der Waals surface area contributed by atoms with Gasteiger partial charge in [0.05, 0.1) is 5.38 Å². The van der Waals surface area contributed by atoms with Crippen LogP contribution >= 0.6 is 11.6 Å². The highest BCUT2D eigenvalue weighted by atomic mass is 35.5. The van der Waals surface area contributed by atoms with E-state index in [-0.39, 0.29) is 11.1 Å². The van der Waals surface area contributed by atoms with Gasteiger partial charge in [0.25, 0.3) is 0 Å². The van der Waals surface area contributed by atoms with E-state index >= 15 is 0 Å². The molecule has 90 valence electrons. The Balaban J connectivity index is 2.34. The molecule has 17 heavy (non-hydrogen) atoms. The number of hydrogen-bond acceptors (Lipinski definition) is 0. The van der Waals surface area contributed by atoms with Crippen LogP contribution in [0.15, 0.2) is 12.2 Å². The lowest BCUT2D eigenvalue weighted by Crippen LogP contribution is -2.12. The molecule has 0 aliphatic heterocycles. The molecule has 0 aromatic heterocycles. The van der Waals surface area contributed by atoms with Crippen molar-refractivity contribution in [1.29, 1.82) is 0 Å². The summed E-state index contributed by atoms with van der Waals surface area (Å²) in [7, 11) is 0. The summed E-state index contributed by atoms with van der Waals surface area (Å²) in [5, 5.41) is -0.508. The van der Waals surface area contributed by atoms with Crippen molar-refractivity contribution in [2.75, 3.05) is 0 Å². The monoisotopic (exact) mass is 262 g/mol. The van der Waals surface area contributed by atoms with E-state index < -0.39 is 40.5 Å². The number of rotatable bonds is 0. The standard InChI is InChI=1S/C12H7ClF4/c13-6-2-1-4-3-5(6)8-7(4)9(14)11(16)12(17)10(8)15/h1-2,4-6H,3H2/t4-,5-,6-/m1/s1. The summed E-state index contributed by atoms with van der Waals surface area (Å²) in [6, 6.07) is 0. The molecule has 2 aliphatic carbocycles. The zero-order chi connectivity index (χ0) is 12.3. The second-order valence-corrected chi connectivity index (χ2v) is 4.87. The number of benzene rings is 1. The normalized spacial score (nSPS) is 29.6. The van der Waals surface area contributed by atoms with Crippen molar-refractivity contribution in [3.63, 3.8) is 0 Å². The van der Waals surface area contributed by atoms with Crippen LogP contribution in [0.1, 0.15) is 29.4 Å². The fourth-order valence-electron chi connectivity index (χ4n) is 2.74. The molecule has 0 amide bonds. The SMILES string of the molecule is Fc1c(F)c(F)c2c(c1F)[C@@H]1C=C[C@@H](Cl)[C@H]2C1. The Hall–Kier alpha value is -1.03. The van der Waals surface area contributed by atoms with Gasteiger partial charge in [-0.05, 0) is 6.42 Å². The van der Waals surface area contributed by atoms with Gasteiger partial charge in [-0.15, -0.1) is 11.6 Å². The Bertz CT molecular complexity index is 538. The second-order valence-electron chi connectivity index (χ2n) is 4.36. The van der Waals surface area contributed by atoms with E-state index in [1.165, 1.54) is 0 Å². The van der Waals surface area contributed by atoms with Crippen LogP contribution in [0.3, 0.4) is 0 Å². The Morgan fingerprint density at radius 1 is 0.882 bits per heavy atom. The quantitative estimate of drug-likeness (QED) is 0.218. The Kier molecular flexibility index (Phi) is 2.27. The highest BCUT2D eigenvalue weighted by molar-refractivity contribution is 6.22. The molecular weight excluding hydrogens is 256 g/mol. The van der Waals surface area contributed by atoms with E-state index in [0.29, 0.717) is 6.42 Å². The molecule has 0 radical (unpaired) electrons. The molecule has 5 heteroatoms. The molecule has 2 aliphatic rings. The molecule has 0 fully saturated rings. The molecule has 1 aromatic rings. The molecule has 0 spiro atoms. The fraction of sp³-hybridized carbons (Fsp3) is 0.333. The van der Waals surface area contributed by atoms with Crippen molar-refractivity contribution in [3.8, 4) is 0 Å². The van der Waals surface area contributed by atoms with Crippen LogP contribution < -0.4 is 0 Å². The smallest absolute Gasteiger partial charge is 0.197 e. The lowest BCUT2D eigenvalue weighted by atomic mass is 9.92. The fourth-order valence-corrected chi connectivity index (χ4v) is 3.05. The molecular formula is C12H7ClF4. The van der Waals surface area contributed by atoms with Crippen molar-refractivity contribution in [1.82, 2.24) is 0 Å². The molecule has 0 saturated heterocycles. The van der Waals surface area contributed by atoms with Crippen LogP contribution in [0, 0.1) is 23.3 Å². The zero-order valence-electron chi connectivity index (χ0n) is 8.48. The largest absolute Gasteiger partial charge is 0.203 e. The summed E-state index contributed by atoms with van der Waals surface area (Å²) < 4.78 is 53.7. The van der Waals surface area contributed by atoms with Gasteiger partial charge in [-0.1, -0.05) is 12.2 Å². The zero-order valence-corrected chi connectivity index (χ0v) is 9.24. The molecule has 0 heterocycles. The topological polar surface area (TPSA) is 0 Å². The molecule has 0 saturated carbocycles. The minimum absolute atomic E-state index is 0.0780. The van der Waals surface area contributed by atoms with E-state index in [2.05, 4.69) is 0 Å². The van der Waals surface area contributed by atoms with Crippen LogP contribution in [-0.4, -0.2) is 5.38 Å². The number of allylic oxidation sites excluding steroid dienone is 2. The van der Waals surface area contributed by atoms with Gasteiger partial charge in [0.1, 0.15) is 0 Å². The summed E-state index contributed by atoms with van der Waals surface area (Å²) >= 11 is 5.96. The third kappa shape index (κ3) is 1.30. The molecule has 1 aromatic carbocycles. The van der Waals surface area contributed by atoms with Crippen molar-refractivity contribution in [2.45, 2.75) is 23.6 Å². The van der Waals surface area contributed by atoms with E-state index in [4.69, 9.17) is 11.6 Å². The summed E-state index contributed by atoms with van der Waals surface area (Å²) in [5.74, 6) is -6.98. The van der Waals surface area contributed by atoms with E-state index in [1.54, 1.807) is 12.2 Å². The van der Waals surface area contributed by atoms with Crippen molar-refractivity contribution >= 4 is 11.6 Å². The van der Waals surface area contributed by atoms with E-state index in [0.717, 1.165) is 0 Å². The predicted molar refractivity (Wildman–Crippen MR) is 55.2 cm³/mol. The minimum atomic E-state index is -1.75. The van der Waals surface area contributed by atoms with Crippen LogP contribution in [0.25, 0.3) is 0 Å². The first-order chi connectivity index (χ1) is 8.02. The first-order valence-corrected chi connectivity index (χ1v) is 5.64. The van der Waals surface area contributed by atoms with Gasteiger partial charge in [-0.25, -0.2) is 17.6 Å². The van der Waals surface area contributed by atoms with E-state index in [9.17, 15) is 17.6 Å². The lowest BCUT2D eigenvalue weighted by molar-refractivity contribution is 0.400. The third-order valence-electron chi connectivity index (χ3n) is 3.50. The van der Waals surface area contributed by atoms with Gasteiger partial charge in [-0.2, -0.15) is 0 Å². The number of fused-ring (bicyclic) bond motifs is 5. The first-order valence-electron chi connectivity index (χ1n) is 5.20. The third-order valence-corrected chi connectivity index (χ3v) is 3.95. The molecule has 0 unspecified atom stereocenters. The second kappa shape index (κ2) is 3.48. The van der Waals surface area contributed by atoms with Crippen LogP contribution in [0.2, 0.25) is 0 Å². The van der Waals surface area contributed by atoms with E-state index in [1.807, 2.05) is 0 Å². The van der Waals surface area contributed by atoms with Gasteiger partial charge in [0.15, 0.2) is 23.3 Å². The van der Waals surface area contributed by atoms with Crippen molar-refractivity contribution < 1.29 is 17.6 Å². The Morgan fingerprint density at radius 3 is 2.12 bits per heavy atom. The average molecular weight is 263 g/mol. The van der Waals surface area contributed by atoms with Gasteiger partial charge < -0.3 is 0 Å².